The van der Waals surface area contributed by atoms with Crippen LogP contribution in [-0.2, 0) is 20.7 Å². The molecule has 0 bridgehead atoms. The minimum absolute atomic E-state index is 0.0152. The average molecular weight is 400 g/mol. The van der Waals surface area contributed by atoms with E-state index in [1.807, 2.05) is 42.5 Å². The lowest BCUT2D eigenvalue weighted by molar-refractivity contribution is -0.145. The number of thioether (sulfide) groups is 1. The van der Waals surface area contributed by atoms with Crippen molar-refractivity contribution in [2.75, 3.05) is 26.0 Å². The number of fused-ring (bicyclic) bond motifs is 1. The van der Waals surface area contributed by atoms with E-state index in [9.17, 15) is 9.59 Å². The minimum Gasteiger partial charge on any atom is -0.496 e. The molecule has 28 heavy (non-hydrogen) atoms. The van der Waals surface area contributed by atoms with Gasteiger partial charge in [0, 0.05) is 6.54 Å². The molecule has 0 aliphatic rings. The topological polar surface area (TPSA) is 90.7 Å². The minimum atomic E-state index is -0.507. The van der Waals surface area contributed by atoms with Gasteiger partial charge < -0.3 is 19.2 Å². The molecule has 0 spiro atoms. The van der Waals surface area contributed by atoms with Crippen molar-refractivity contribution in [3.63, 3.8) is 0 Å². The van der Waals surface area contributed by atoms with Gasteiger partial charge in [-0.1, -0.05) is 42.1 Å². The summed E-state index contributed by atoms with van der Waals surface area (Å²) in [5, 5.41) is 3.11. The average Bonchev–Trinajstić information content (AvgIpc) is 3.14. The van der Waals surface area contributed by atoms with E-state index in [0.717, 1.165) is 28.6 Å². The number of ether oxygens (including phenoxy) is 2. The summed E-state index contributed by atoms with van der Waals surface area (Å²) in [5.74, 6) is -0.0666. The predicted octanol–water partition coefficient (Wildman–Crippen LogP) is 2.83. The van der Waals surface area contributed by atoms with Crippen LogP contribution in [0.1, 0.15) is 5.56 Å². The molecular weight excluding hydrogens is 380 g/mol. The van der Waals surface area contributed by atoms with E-state index in [0.29, 0.717) is 23.8 Å². The predicted molar refractivity (Wildman–Crippen MR) is 105 cm³/mol. The summed E-state index contributed by atoms with van der Waals surface area (Å²) < 4.78 is 15.8. The third-order valence-corrected chi connectivity index (χ3v) is 4.66. The molecule has 1 amide bonds. The third-order valence-electron chi connectivity index (χ3n) is 3.86. The van der Waals surface area contributed by atoms with Crippen molar-refractivity contribution >= 4 is 34.7 Å². The maximum atomic E-state index is 11.8. The molecule has 0 fully saturated rings. The Morgan fingerprint density at radius 3 is 2.75 bits per heavy atom. The number of amides is 1. The second kappa shape index (κ2) is 9.80. The Morgan fingerprint density at radius 2 is 1.93 bits per heavy atom. The van der Waals surface area contributed by atoms with Gasteiger partial charge in [0.05, 0.1) is 7.11 Å². The van der Waals surface area contributed by atoms with Gasteiger partial charge in [-0.25, -0.2) is 4.98 Å². The number of hydrogen-bond acceptors (Lipinski definition) is 7. The van der Waals surface area contributed by atoms with Gasteiger partial charge in [0.2, 0.25) is 0 Å². The van der Waals surface area contributed by atoms with Crippen LogP contribution in [0.3, 0.4) is 0 Å². The van der Waals surface area contributed by atoms with Crippen LogP contribution >= 0.6 is 11.8 Å². The van der Waals surface area contributed by atoms with Gasteiger partial charge in [0.1, 0.15) is 17.0 Å². The van der Waals surface area contributed by atoms with Crippen LogP contribution in [0.4, 0.5) is 0 Å². The number of oxazole rings is 1. The van der Waals surface area contributed by atoms with E-state index >= 15 is 0 Å². The van der Waals surface area contributed by atoms with Crippen LogP contribution in [0.2, 0.25) is 0 Å². The van der Waals surface area contributed by atoms with Gasteiger partial charge in [0.15, 0.2) is 12.2 Å². The first-order chi connectivity index (χ1) is 13.7. The summed E-state index contributed by atoms with van der Waals surface area (Å²) in [6.45, 7) is 0.104. The van der Waals surface area contributed by atoms with E-state index in [-0.39, 0.29) is 18.3 Å². The Labute approximate surface area is 166 Å². The molecule has 0 unspecified atom stereocenters. The molecule has 0 aliphatic carbocycles. The number of carbonyl (C=O) groups is 2. The number of methoxy groups -OCH3 is 1. The van der Waals surface area contributed by atoms with Crippen molar-refractivity contribution in [3.8, 4) is 5.75 Å². The summed E-state index contributed by atoms with van der Waals surface area (Å²) in [4.78, 5) is 27.9. The lowest BCUT2D eigenvalue weighted by Gasteiger charge is -2.09. The van der Waals surface area contributed by atoms with Crippen LogP contribution in [-0.4, -0.2) is 42.9 Å². The smallest absolute Gasteiger partial charge is 0.316 e. The van der Waals surface area contributed by atoms with Crippen molar-refractivity contribution in [2.24, 2.45) is 0 Å². The molecule has 7 nitrogen and oxygen atoms in total. The summed E-state index contributed by atoms with van der Waals surface area (Å²) in [5.41, 5.74) is 2.39. The Morgan fingerprint density at radius 1 is 1.14 bits per heavy atom. The lowest BCUT2D eigenvalue weighted by Crippen LogP contribution is -2.30. The van der Waals surface area contributed by atoms with Crippen LogP contribution in [0.25, 0.3) is 11.1 Å². The highest BCUT2D eigenvalue weighted by Crippen LogP contribution is 2.23. The normalized spacial score (nSPS) is 10.6. The Hall–Kier alpha value is -3.00. The largest absolute Gasteiger partial charge is 0.496 e. The van der Waals surface area contributed by atoms with E-state index < -0.39 is 5.97 Å². The molecule has 0 atom stereocenters. The number of para-hydroxylation sites is 3. The van der Waals surface area contributed by atoms with E-state index in [1.165, 1.54) is 0 Å². The standard InChI is InChI=1S/C20H20N2O5S/c1-25-16-8-4-2-6-14(16)10-11-21-18(23)12-26-19(24)13-28-20-22-15-7-3-5-9-17(15)27-20/h2-9H,10-13H2,1H3,(H,21,23). The van der Waals surface area contributed by atoms with E-state index in [4.69, 9.17) is 13.9 Å². The second-order valence-electron chi connectivity index (χ2n) is 5.81. The van der Waals surface area contributed by atoms with Crippen molar-refractivity contribution in [1.29, 1.82) is 0 Å². The fourth-order valence-corrected chi connectivity index (χ4v) is 3.15. The molecule has 8 heteroatoms. The highest BCUT2D eigenvalue weighted by Gasteiger charge is 2.12. The Bertz CT molecular complexity index is 923. The number of esters is 1. The first-order valence-corrected chi connectivity index (χ1v) is 9.67. The van der Waals surface area contributed by atoms with E-state index in [1.54, 1.807) is 13.2 Å². The van der Waals surface area contributed by atoms with Crippen LogP contribution < -0.4 is 10.1 Å². The molecule has 0 saturated carbocycles. The van der Waals surface area contributed by atoms with Gasteiger partial charge in [-0.05, 0) is 30.2 Å². The van der Waals surface area contributed by atoms with Crippen molar-refractivity contribution in [1.82, 2.24) is 10.3 Å². The number of rotatable bonds is 9. The van der Waals surface area contributed by atoms with Crippen molar-refractivity contribution in [2.45, 2.75) is 11.6 Å². The number of nitrogens with zero attached hydrogens (tertiary/aromatic N) is 1. The third kappa shape index (κ3) is 5.50. The molecule has 2 aromatic carbocycles. The van der Waals surface area contributed by atoms with Gasteiger partial charge in [0.25, 0.3) is 11.1 Å². The maximum Gasteiger partial charge on any atom is 0.316 e. The van der Waals surface area contributed by atoms with Gasteiger partial charge in [-0.3, -0.25) is 9.59 Å². The molecular formula is C20H20N2O5S. The quantitative estimate of drug-likeness (QED) is 0.436. The van der Waals surface area contributed by atoms with E-state index in [2.05, 4.69) is 10.3 Å². The summed E-state index contributed by atoms with van der Waals surface area (Å²) in [6, 6.07) is 15.0. The first kappa shape index (κ1) is 19.8. The van der Waals surface area contributed by atoms with Gasteiger partial charge >= 0.3 is 5.97 Å². The van der Waals surface area contributed by atoms with Gasteiger partial charge in [-0.2, -0.15) is 0 Å². The maximum absolute atomic E-state index is 11.8. The zero-order valence-corrected chi connectivity index (χ0v) is 16.2. The van der Waals surface area contributed by atoms with Crippen LogP contribution in [0.15, 0.2) is 58.2 Å². The molecule has 1 heterocycles. The highest BCUT2D eigenvalue weighted by atomic mass is 32.2. The molecule has 1 N–H and O–H groups in total. The fraction of sp³-hybridized carbons (Fsp3) is 0.250. The summed E-state index contributed by atoms with van der Waals surface area (Å²) in [6.07, 6.45) is 0.622. The zero-order valence-electron chi connectivity index (χ0n) is 15.3. The zero-order chi connectivity index (χ0) is 19.8. The molecule has 146 valence electrons. The lowest BCUT2D eigenvalue weighted by atomic mass is 10.1. The summed E-state index contributed by atoms with van der Waals surface area (Å²) in [7, 11) is 1.61. The molecule has 0 aliphatic heterocycles. The fourth-order valence-electron chi connectivity index (χ4n) is 2.52. The van der Waals surface area contributed by atoms with Gasteiger partial charge in [-0.15, -0.1) is 0 Å². The molecule has 0 saturated heterocycles. The number of aromatic nitrogens is 1. The monoisotopic (exact) mass is 400 g/mol. The highest BCUT2D eigenvalue weighted by molar-refractivity contribution is 7.99. The second-order valence-corrected chi connectivity index (χ2v) is 6.74. The number of hydrogen-bond donors (Lipinski definition) is 1. The van der Waals surface area contributed by atoms with Crippen molar-refractivity contribution in [3.05, 3.63) is 54.1 Å². The van der Waals surface area contributed by atoms with Crippen LogP contribution in [0, 0.1) is 0 Å². The summed E-state index contributed by atoms with van der Waals surface area (Å²) >= 11 is 1.13. The molecule has 1 aromatic heterocycles. The molecule has 3 aromatic rings. The Balaban J connectivity index is 1.35. The molecule has 0 radical (unpaired) electrons. The number of carbonyl (C=O) groups excluding carboxylic acids is 2. The Kier molecular flexibility index (Phi) is 6.91. The van der Waals surface area contributed by atoms with Crippen molar-refractivity contribution < 1.29 is 23.5 Å². The molecule has 3 rings (SSSR count). The first-order valence-electron chi connectivity index (χ1n) is 8.68. The number of nitrogens with one attached hydrogen (secondary N) is 1. The number of benzene rings is 2. The van der Waals surface area contributed by atoms with Crippen LogP contribution in [0.5, 0.6) is 5.75 Å². The SMILES string of the molecule is COc1ccccc1CCNC(=O)COC(=O)CSc1nc2ccccc2o1.